The summed E-state index contributed by atoms with van der Waals surface area (Å²) in [7, 11) is 1.62. The minimum Gasteiger partial charge on any atom is -0.497 e. The van der Waals surface area contributed by atoms with Gasteiger partial charge in [0, 0.05) is 11.4 Å². The number of thioether (sulfide) groups is 1. The van der Waals surface area contributed by atoms with Gasteiger partial charge in [0.1, 0.15) is 5.75 Å². The first-order valence-electron chi connectivity index (χ1n) is 6.74. The van der Waals surface area contributed by atoms with Crippen LogP contribution in [0.4, 0.5) is 0 Å². The normalized spacial score (nSPS) is 9.82. The van der Waals surface area contributed by atoms with E-state index in [1.165, 1.54) is 11.8 Å². The molecule has 22 heavy (non-hydrogen) atoms. The molecule has 0 aromatic heterocycles. The van der Waals surface area contributed by atoms with Crippen LogP contribution < -0.4 is 10.1 Å². The number of nitriles is 1. The van der Waals surface area contributed by atoms with Crippen LogP contribution in [0, 0.1) is 11.3 Å². The maximum absolute atomic E-state index is 11.9. The Morgan fingerprint density at radius 1 is 1.27 bits per heavy atom. The Labute approximate surface area is 134 Å². The van der Waals surface area contributed by atoms with E-state index in [1.54, 1.807) is 19.2 Å². The predicted molar refractivity (Wildman–Crippen MR) is 86.7 cm³/mol. The molecule has 1 amide bonds. The standard InChI is InChI=1S/C17H16N2O2S/c1-21-15-4-2-3-14(9-15)11-19-17(20)12-22-16-7-5-13(10-18)6-8-16/h2-9H,11-12H2,1H3,(H,19,20). The van der Waals surface area contributed by atoms with Gasteiger partial charge in [-0.05, 0) is 42.0 Å². The first-order chi connectivity index (χ1) is 10.7. The Hall–Kier alpha value is -2.45. The SMILES string of the molecule is COc1cccc(CNC(=O)CSc2ccc(C#N)cc2)c1. The van der Waals surface area contributed by atoms with E-state index in [2.05, 4.69) is 11.4 Å². The van der Waals surface area contributed by atoms with Gasteiger partial charge in [0.15, 0.2) is 0 Å². The molecular formula is C17H16N2O2S. The second kappa shape index (κ2) is 8.11. The molecule has 0 heterocycles. The quantitative estimate of drug-likeness (QED) is 0.833. The van der Waals surface area contributed by atoms with Gasteiger partial charge in [-0.3, -0.25) is 4.79 Å². The topological polar surface area (TPSA) is 62.1 Å². The summed E-state index contributed by atoms with van der Waals surface area (Å²) in [5.74, 6) is 1.09. The minimum absolute atomic E-state index is 0.0304. The second-order valence-electron chi connectivity index (χ2n) is 4.55. The Kier molecular flexibility index (Phi) is 5.87. The fourth-order valence-corrected chi connectivity index (χ4v) is 2.54. The number of rotatable bonds is 6. The van der Waals surface area contributed by atoms with E-state index in [9.17, 15) is 4.79 Å². The lowest BCUT2D eigenvalue weighted by atomic mass is 10.2. The van der Waals surface area contributed by atoms with Crippen LogP contribution in [0.15, 0.2) is 53.4 Å². The Morgan fingerprint density at radius 2 is 2.05 bits per heavy atom. The number of methoxy groups -OCH3 is 1. The van der Waals surface area contributed by atoms with Gasteiger partial charge in [0.05, 0.1) is 24.5 Å². The molecule has 0 atom stereocenters. The van der Waals surface area contributed by atoms with Crippen molar-refractivity contribution < 1.29 is 9.53 Å². The Bertz CT molecular complexity index is 678. The van der Waals surface area contributed by atoms with Crippen LogP contribution in [0.25, 0.3) is 0 Å². The van der Waals surface area contributed by atoms with Gasteiger partial charge in [0.25, 0.3) is 0 Å². The summed E-state index contributed by atoms with van der Waals surface area (Å²) in [5, 5.41) is 11.6. The van der Waals surface area contributed by atoms with Crippen LogP contribution in [-0.2, 0) is 11.3 Å². The highest BCUT2D eigenvalue weighted by molar-refractivity contribution is 8.00. The van der Waals surface area contributed by atoms with Gasteiger partial charge >= 0.3 is 0 Å². The number of nitrogens with zero attached hydrogens (tertiary/aromatic N) is 1. The summed E-state index contributed by atoms with van der Waals surface area (Å²) in [6.45, 7) is 0.476. The van der Waals surface area contributed by atoms with E-state index < -0.39 is 0 Å². The van der Waals surface area contributed by atoms with Gasteiger partial charge in [-0.15, -0.1) is 11.8 Å². The highest BCUT2D eigenvalue weighted by Gasteiger charge is 2.04. The molecule has 2 rings (SSSR count). The van der Waals surface area contributed by atoms with Crippen molar-refractivity contribution >= 4 is 17.7 Å². The van der Waals surface area contributed by atoms with Crippen LogP contribution in [0.5, 0.6) is 5.75 Å². The van der Waals surface area contributed by atoms with Gasteiger partial charge in [0.2, 0.25) is 5.91 Å². The maximum atomic E-state index is 11.9. The number of amides is 1. The molecule has 0 aliphatic rings. The van der Waals surface area contributed by atoms with Gasteiger partial charge in [-0.1, -0.05) is 12.1 Å². The summed E-state index contributed by atoms with van der Waals surface area (Å²) < 4.78 is 5.15. The number of hydrogen-bond donors (Lipinski definition) is 1. The van der Waals surface area contributed by atoms with Crippen LogP contribution in [-0.4, -0.2) is 18.8 Å². The lowest BCUT2D eigenvalue weighted by molar-refractivity contribution is -0.118. The summed E-state index contributed by atoms with van der Waals surface area (Å²) >= 11 is 1.44. The number of hydrogen-bond acceptors (Lipinski definition) is 4. The fraction of sp³-hybridized carbons (Fsp3) is 0.176. The van der Waals surface area contributed by atoms with Gasteiger partial charge < -0.3 is 10.1 Å². The monoisotopic (exact) mass is 312 g/mol. The Balaban J connectivity index is 1.79. The highest BCUT2D eigenvalue weighted by Crippen LogP contribution is 2.18. The first kappa shape index (κ1) is 15.9. The molecule has 0 aliphatic carbocycles. The third kappa shape index (κ3) is 4.83. The summed E-state index contributed by atoms with van der Waals surface area (Å²) in [4.78, 5) is 12.8. The van der Waals surface area contributed by atoms with Crippen molar-refractivity contribution in [1.29, 1.82) is 5.26 Å². The molecule has 0 saturated heterocycles. The number of ether oxygens (including phenoxy) is 1. The fourth-order valence-electron chi connectivity index (χ4n) is 1.81. The predicted octanol–water partition coefficient (Wildman–Crippen LogP) is 2.98. The molecule has 0 bridgehead atoms. The van der Waals surface area contributed by atoms with Crippen molar-refractivity contribution in [1.82, 2.24) is 5.32 Å². The van der Waals surface area contributed by atoms with E-state index in [0.717, 1.165) is 16.2 Å². The third-order valence-electron chi connectivity index (χ3n) is 2.98. The number of benzene rings is 2. The molecule has 0 radical (unpaired) electrons. The average molecular weight is 312 g/mol. The molecule has 112 valence electrons. The zero-order valence-electron chi connectivity index (χ0n) is 12.2. The highest BCUT2D eigenvalue weighted by atomic mass is 32.2. The van der Waals surface area contributed by atoms with E-state index in [1.807, 2.05) is 36.4 Å². The van der Waals surface area contributed by atoms with E-state index in [0.29, 0.717) is 17.9 Å². The van der Waals surface area contributed by atoms with Crippen LogP contribution in [0.1, 0.15) is 11.1 Å². The Morgan fingerprint density at radius 3 is 2.73 bits per heavy atom. The van der Waals surface area contributed by atoms with Crippen molar-refractivity contribution in [2.75, 3.05) is 12.9 Å². The molecule has 4 nitrogen and oxygen atoms in total. The maximum Gasteiger partial charge on any atom is 0.230 e. The van der Waals surface area contributed by atoms with E-state index in [-0.39, 0.29) is 5.91 Å². The van der Waals surface area contributed by atoms with Crippen molar-refractivity contribution in [2.24, 2.45) is 0 Å². The first-order valence-corrected chi connectivity index (χ1v) is 7.72. The minimum atomic E-state index is -0.0304. The van der Waals surface area contributed by atoms with Crippen LogP contribution in [0.2, 0.25) is 0 Å². The molecule has 0 aliphatic heterocycles. The molecule has 2 aromatic carbocycles. The smallest absolute Gasteiger partial charge is 0.230 e. The molecule has 0 saturated carbocycles. The van der Waals surface area contributed by atoms with Crippen LogP contribution >= 0.6 is 11.8 Å². The molecule has 0 spiro atoms. The van der Waals surface area contributed by atoms with E-state index >= 15 is 0 Å². The largest absolute Gasteiger partial charge is 0.497 e. The molecular weight excluding hydrogens is 296 g/mol. The molecule has 0 unspecified atom stereocenters. The lowest BCUT2D eigenvalue weighted by Gasteiger charge is -2.07. The summed E-state index contributed by atoms with van der Waals surface area (Å²) in [6.07, 6.45) is 0. The molecule has 2 aromatic rings. The number of carbonyl (C=O) groups is 1. The van der Waals surface area contributed by atoms with Crippen molar-refractivity contribution in [3.05, 3.63) is 59.7 Å². The van der Waals surface area contributed by atoms with E-state index in [4.69, 9.17) is 10.00 Å². The van der Waals surface area contributed by atoms with Crippen molar-refractivity contribution in [3.63, 3.8) is 0 Å². The zero-order chi connectivity index (χ0) is 15.8. The van der Waals surface area contributed by atoms with Crippen molar-refractivity contribution in [2.45, 2.75) is 11.4 Å². The lowest BCUT2D eigenvalue weighted by Crippen LogP contribution is -2.24. The average Bonchev–Trinajstić information content (AvgIpc) is 2.58. The second-order valence-corrected chi connectivity index (χ2v) is 5.60. The number of nitrogens with one attached hydrogen (secondary N) is 1. The molecule has 1 N–H and O–H groups in total. The zero-order valence-corrected chi connectivity index (χ0v) is 13.0. The van der Waals surface area contributed by atoms with Gasteiger partial charge in [-0.25, -0.2) is 0 Å². The van der Waals surface area contributed by atoms with Crippen molar-refractivity contribution in [3.8, 4) is 11.8 Å². The summed E-state index contributed by atoms with van der Waals surface area (Å²) in [5.41, 5.74) is 1.61. The number of carbonyl (C=O) groups excluding carboxylic acids is 1. The van der Waals surface area contributed by atoms with Crippen LogP contribution in [0.3, 0.4) is 0 Å². The molecule has 0 fully saturated rings. The van der Waals surface area contributed by atoms with Gasteiger partial charge in [-0.2, -0.15) is 5.26 Å². The third-order valence-corrected chi connectivity index (χ3v) is 3.99. The summed E-state index contributed by atoms with van der Waals surface area (Å²) in [6, 6.07) is 16.9. The molecule has 5 heteroatoms.